The molecule has 0 unspecified atom stereocenters. The summed E-state index contributed by atoms with van der Waals surface area (Å²) in [5.74, 6) is 0.714. The molecular weight excluding hydrogens is 544 g/mol. The maximum absolute atomic E-state index is 5.24. The standard InChI is InChI=1S/C43H32N2/c1-43(2)37-24-13-12-21-34(37)35-26-25-32(27-38(35)43)41-33(29-15-6-3-7-16-29)22-14-23-36(41)42-44-39(30-17-8-4-9-18-30)28-40(45-42)31-19-10-5-11-20-31/h3-28H,1-2H3. The van der Waals surface area contributed by atoms with Gasteiger partial charge in [-0.1, -0.05) is 159 Å². The van der Waals surface area contributed by atoms with Crippen LogP contribution < -0.4 is 0 Å². The van der Waals surface area contributed by atoms with Crippen LogP contribution in [0, 0.1) is 0 Å². The zero-order valence-electron chi connectivity index (χ0n) is 25.4. The minimum Gasteiger partial charge on any atom is -0.228 e. The lowest BCUT2D eigenvalue weighted by Crippen LogP contribution is -2.15. The molecular formula is C43H32N2. The van der Waals surface area contributed by atoms with E-state index in [0.717, 1.165) is 39.2 Å². The quantitative estimate of drug-likeness (QED) is 0.204. The summed E-state index contributed by atoms with van der Waals surface area (Å²) in [6.45, 7) is 4.67. The molecule has 45 heavy (non-hydrogen) atoms. The first-order valence-corrected chi connectivity index (χ1v) is 15.5. The molecule has 7 aromatic rings. The van der Waals surface area contributed by atoms with Crippen molar-refractivity contribution < 1.29 is 0 Å². The van der Waals surface area contributed by atoms with Crippen molar-refractivity contribution in [2.24, 2.45) is 0 Å². The molecule has 0 spiro atoms. The van der Waals surface area contributed by atoms with E-state index in [4.69, 9.17) is 9.97 Å². The Morgan fingerprint density at radius 3 is 1.53 bits per heavy atom. The first-order chi connectivity index (χ1) is 22.1. The van der Waals surface area contributed by atoms with E-state index in [1.807, 2.05) is 12.1 Å². The van der Waals surface area contributed by atoms with Crippen LogP contribution in [0.4, 0.5) is 0 Å². The predicted molar refractivity (Wildman–Crippen MR) is 187 cm³/mol. The van der Waals surface area contributed by atoms with Crippen molar-refractivity contribution in [3.63, 3.8) is 0 Å². The molecule has 0 radical (unpaired) electrons. The monoisotopic (exact) mass is 576 g/mol. The highest BCUT2D eigenvalue weighted by atomic mass is 14.9. The Balaban J connectivity index is 1.40. The Kier molecular flexibility index (Phi) is 6.50. The van der Waals surface area contributed by atoms with Gasteiger partial charge in [-0.25, -0.2) is 9.97 Å². The van der Waals surface area contributed by atoms with Gasteiger partial charge in [-0.2, -0.15) is 0 Å². The van der Waals surface area contributed by atoms with E-state index in [0.29, 0.717) is 5.82 Å². The first kappa shape index (κ1) is 27.0. The number of fused-ring (bicyclic) bond motifs is 3. The van der Waals surface area contributed by atoms with Gasteiger partial charge < -0.3 is 0 Å². The summed E-state index contributed by atoms with van der Waals surface area (Å²) in [6, 6.07) is 55.9. The van der Waals surface area contributed by atoms with Gasteiger partial charge in [0.15, 0.2) is 5.82 Å². The fourth-order valence-electron chi connectivity index (χ4n) is 6.85. The lowest BCUT2D eigenvalue weighted by molar-refractivity contribution is 0.660. The molecule has 1 aromatic heterocycles. The lowest BCUT2D eigenvalue weighted by atomic mass is 9.80. The average molecular weight is 577 g/mol. The molecule has 8 rings (SSSR count). The van der Waals surface area contributed by atoms with E-state index in [-0.39, 0.29) is 5.41 Å². The van der Waals surface area contributed by atoms with Crippen LogP contribution in [0.5, 0.6) is 0 Å². The maximum Gasteiger partial charge on any atom is 0.161 e. The molecule has 0 aliphatic heterocycles. The Morgan fingerprint density at radius 1 is 0.378 bits per heavy atom. The van der Waals surface area contributed by atoms with Crippen LogP contribution in [0.1, 0.15) is 25.0 Å². The fraction of sp³-hybridized carbons (Fsp3) is 0.0698. The number of rotatable bonds is 5. The second-order valence-corrected chi connectivity index (χ2v) is 12.2. The third-order valence-corrected chi connectivity index (χ3v) is 9.13. The second kappa shape index (κ2) is 10.8. The van der Waals surface area contributed by atoms with Crippen molar-refractivity contribution in [3.05, 3.63) is 169 Å². The van der Waals surface area contributed by atoms with Crippen molar-refractivity contribution in [3.8, 4) is 67.3 Å². The number of hydrogen-bond donors (Lipinski definition) is 0. The fourth-order valence-corrected chi connectivity index (χ4v) is 6.85. The summed E-state index contributed by atoms with van der Waals surface area (Å²) >= 11 is 0. The van der Waals surface area contributed by atoms with Crippen LogP contribution in [0.3, 0.4) is 0 Å². The normalized spacial score (nSPS) is 12.8. The molecule has 1 aliphatic rings. The van der Waals surface area contributed by atoms with Crippen molar-refractivity contribution >= 4 is 0 Å². The molecule has 2 nitrogen and oxygen atoms in total. The summed E-state index contributed by atoms with van der Waals surface area (Å²) in [6.07, 6.45) is 0. The van der Waals surface area contributed by atoms with Gasteiger partial charge in [-0.05, 0) is 51.1 Å². The van der Waals surface area contributed by atoms with Crippen LogP contribution >= 0.6 is 0 Å². The SMILES string of the molecule is CC1(C)c2ccccc2-c2ccc(-c3c(-c4ccccc4)cccc3-c3nc(-c4ccccc4)cc(-c4ccccc4)n3)cc21. The molecule has 1 aliphatic carbocycles. The smallest absolute Gasteiger partial charge is 0.161 e. The van der Waals surface area contributed by atoms with E-state index in [2.05, 4.69) is 159 Å². The summed E-state index contributed by atoms with van der Waals surface area (Å²) in [5, 5.41) is 0. The van der Waals surface area contributed by atoms with Crippen LogP contribution in [0.2, 0.25) is 0 Å². The van der Waals surface area contributed by atoms with Crippen LogP contribution in [-0.4, -0.2) is 9.97 Å². The highest BCUT2D eigenvalue weighted by Gasteiger charge is 2.35. The van der Waals surface area contributed by atoms with Gasteiger partial charge in [0.1, 0.15) is 0 Å². The summed E-state index contributed by atoms with van der Waals surface area (Å²) in [4.78, 5) is 10.5. The summed E-state index contributed by atoms with van der Waals surface area (Å²) in [7, 11) is 0. The van der Waals surface area contributed by atoms with Crippen LogP contribution in [-0.2, 0) is 5.41 Å². The average Bonchev–Trinajstić information content (AvgIpc) is 3.34. The number of aromatic nitrogens is 2. The highest BCUT2D eigenvalue weighted by molar-refractivity contribution is 5.95. The minimum absolute atomic E-state index is 0.103. The van der Waals surface area contributed by atoms with Crippen molar-refractivity contribution in [2.45, 2.75) is 19.3 Å². The summed E-state index contributed by atoms with van der Waals surface area (Å²) in [5.41, 5.74) is 14.8. The van der Waals surface area contributed by atoms with E-state index in [1.165, 1.54) is 33.4 Å². The van der Waals surface area contributed by atoms with Gasteiger partial charge in [0.25, 0.3) is 0 Å². The van der Waals surface area contributed by atoms with Gasteiger partial charge >= 0.3 is 0 Å². The third kappa shape index (κ3) is 4.67. The molecule has 0 bridgehead atoms. The number of benzene rings is 6. The second-order valence-electron chi connectivity index (χ2n) is 12.2. The van der Waals surface area contributed by atoms with E-state index >= 15 is 0 Å². The highest BCUT2D eigenvalue weighted by Crippen LogP contribution is 2.50. The van der Waals surface area contributed by atoms with Crippen LogP contribution in [0.25, 0.3) is 67.3 Å². The molecule has 0 amide bonds. The molecule has 0 N–H and O–H groups in total. The molecule has 1 heterocycles. The van der Waals surface area contributed by atoms with E-state index in [1.54, 1.807) is 0 Å². The zero-order valence-corrected chi connectivity index (χ0v) is 25.4. The molecule has 0 saturated heterocycles. The molecule has 0 saturated carbocycles. The molecule has 0 atom stereocenters. The van der Waals surface area contributed by atoms with Crippen molar-refractivity contribution in [1.82, 2.24) is 9.97 Å². The lowest BCUT2D eigenvalue weighted by Gasteiger charge is -2.23. The van der Waals surface area contributed by atoms with Gasteiger partial charge in [0, 0.05) is 27.7 Å². The largest absolute Gasteiger partial charge is 0.228 e. The third-order valence-electron chi connectivity index (χ3n) is 9.13. The van der Waals surface area contributed by atoms with Crippen LogP contribution in [0.15, 0.2) is 158 Å². The topological polar surface area (TPSA) is 25.8 Å². The predicted octanol–water partition coefficient (Wildman–Crippen LogP) is 11.1. The Hall–Kier alpha value is -5.60. The maximum atomic E-state index is 5.24. The number of nitrogens with zero attached hydrogens (tertiary/aromatic N) is 2. The van der Waals surface area contributed by atoms with Gasteiger partial charge in [0.2, 0.25) is 0 Å². The zero-order chi connectivity index (χ0) is 30.4. The summed E-state index contributed by atoms with van der Waals surface area (Å²) < 4.78 is 0. The molecule has 6 aromatic carbocycles. The molecule has 214 valence electrons. The van der Waals surface area contributed by atoms with Crippen molar-refractivity contribution in [1.29, 1.82) is 0 Å². The molecule has 0 fully saturated rings. The Morgan fingerprint density at radius 2 is 0.889 bits per heavy atom. The minimum atomic E-state index is -0.103. The van der Waals surface area contributed by atoms with Crippen molar-refractivity contribution in [2.75, 3.05) is 0 Å². The number of hydrogen-bond acceptors (Lipinski definition) is 2. The Bertz CT molecular complexity index is 2110. The van der Waals surface area contributed by atoms with E-state index < -0.39 is 0 Å². The van der Waals surface area contributed by atoms with Gasteiger partial charge in [0.05, 0.1) is 11.4 Å². The van der Waals surface area contributed by atoms with E-state index in [9.17, 15) is 0 Å². The first-order valence-electron chi connectivity index (χ1n) is 15.5. The van der Waals surface area contributed by atoms with Gasteiger partial charge in [-0.3, -0.25) is 0 Å². The van der Waals surface area contributed by atoms with Gasteiger partial charge in [-0.15, -0.1) is 0 Å². The Labute approximate surface area is 264 Å². The molecule has 2 heteroatoms.